The number of carbonyl (C=O) groups excluding carboxylic acids is 1. The molecule has 0 aliphatic rings. The van der Waals surface area contributed by atoms with Crippen molar-refractivity contribution in [3.63, 3.8) is 0 Å². The van der Waals surface area contributed by atoms with Crippen molar-refractivity contribution in [2.24, 2.45) is 0 Å². The second-order valence-corrected chi connectivity index (χ2v) is 8.01. The molecule has 0 radical (unpaired) electrons. The van der Waals surface area contributed by atoms with Gasteiger partial charge in [0.05, 0.1) is 16.2 Å². The quantitative estimate of drug-likeness (QED) is 0.592. The minimum absolute atomic E-state index is 0.0487. The van der Waals surface area contributed by atoms with Gasteiger partial charge in [-0.2, -0.15) is 13.2 Å². The monoisotopic (exact) mass is 405 g/mol. The van der Waals surface area contributed by atoms with Crippen molar-refractivity contribution in [1.29, 1.82) is 0 Å². The van der Waals surface area contributed by atoms with Gasteiger partial charge in [-0.1, -0.05) is 0 Å². The first-order valence-corrected chi connectivity index (χ1v) is 9.16. The lowest BCUT2D eigenvalue weighted by molar-refractivity contribution is -0.137. The highest BCUT2D eigenvalue weighted by molar-refractivity contribution is 7.91. The summed E-state index contributed by atoms with van der Waals surface area (Å²) in [4.78, 5) is 11.9. The van der Waals surface area contributed by atoms with Crippen molar-refractivity contribution in [3.05, 3.63) is 59.9 Å². The van der Waals surface area contributed by atoms with Gasteiger partial charge in [0.15, 0.2) is 15.4 Å². The maximum Gasteiger partial charge on any atom is 0.416 e. The summed E-state index contributed by atoms with van der Waals surface area (Å²) in [6, 6.07) is 7.26. The van der Waals surface area contributed by atoms with Crippen LogP contribution in [0.2, 0.25) is 0 Å². The van der Waals surface area contributed by atoms with Crippen molar-refractivity contribution in [2.75, 3.05) is 11.1 Å². The predicted molar refractivity (Wildman–Crippen MR) is 89.2 cm³/mol. The van der Waals surface area contributed by atoms with Crippen LogP contribution in [0.3, 0.4) is 0 Å². The van der Waals surface area contributed by atoms with Crippen molar-refractivity contribution >= 4 is 21.4 Å². The number of sulfone groups is 1. The molecule has 0 saturated heterocycles. The summed E-state index contributed by atoms with van der Waals surface area (Å²) in [6.07, 6.45) is -4.54. The molecule has 0 aliphatic heterocycles. The Morgan fingerprint density at radius 2 is 1.56 bits per heavy atom. The summed E-state index contributed by atoms with van der Waals surface area (Å²) >= 11 is 0. The van der Waals surface area contributed by atoms with Crippen molar-refractivity contribution in [1.82, 2.24) is 0 Å². The number of aliphatic hydroxyl groups is 1. The van der Waals surface area contributed by atoms with Gasteiger partial charge in [0.1, 0.15) is 5.82 Å². The van der Waals surface area contributed by atoms with Crippen LogP contribution in [0.25, 0.3) is 0 Å². The van der Waals surface area contributed by atoms with Gasteiger partial charge in [0, 0.05) is 5.69 Å². The van der Waals surface area contributed by atoms with Gasteiger partial charge >= 0.3 is 6.18 Å². The van der Waals surface area contributed by atoms with Crippen LogP contribution in [-0.2, 0) is 20.8 Å². The molecule has 2 aromatic rings. The smallest absolute Gasteiger partial charge is 0.379 e. The third kappa shape index (κ3) is 5.27. The molecule has 2 N–H and O–H groups in total. The first-order chi connectivity index (χ1) is 12.3. The number of amides is 1. The zero-order valence-corrected chi connectivity index (χ0v) is 14.7. The number of hydrogen-bond donors (Lipinski definition) is 2. The fraction of sp³-hybridized carbons (Fsp3) is 0.235. The summed E-state index contributed by atoms with van der Waals surface area (Å²) in [5.74, 6) is -2.77. The first-order valence-electron chi connectivity index (χ1n) is 7.51. The SMILES string of the molecule is C[C@@](O)(CS(=O)(=O)c1ccc(F)cc1)C(=O)Nc1ccc(C(F)(F)F)cc1. The van der Waals surface area contributed by atoms with Gasteiger partial charge in [-0.15, -0.1) is 0 Å². The predicted octanol–water partition coefficient (Wildman–Crippen LogP) is 3.01. The van der Waals surface area contributed by atoms with Crippen LogP contribution < -0.4 is 5.32 Å². The zero-order valence-electron chi connectivity index (χ0n) is 13.9. The second kappa shape index (κ2) is 7.28. The van der Waals surface area contributed by atoms with Crippen LogP contribution in [0.15, 0.2) is 53.4 Å². The normalized spacial score (nSPS) is 14.4. The lowest BCUT2D eigenvalue weighted by Gasteiger charge is -2.22. The number of nitrogens with one attached hydrogen (secondary N) is 1. The molecule has 1 amide bonds. The number of anilines is 1. The molecule has 2 aromatic carbocycles. The van der Waals surface area contributed by atoms with Gasteiger partial charge in [-0.05, 0) is 55.5 Å². The summed E-state index contributed by atoms with van der Waals surface area (Å²) in [6.45, 7) is 0.952. The fourth-order valence-electron chi connectivity index (χ4n) is 2.17. The van der Waals surface area contributed by atoms with Crippen molar-refractivity contribution in [2.45, 2.75) is 23.6 Å². The first kappa shape index (κ1) is 20.8. The third-order valence-corrected chi connectivity index (χ3v) is 5.54. The molecular formula is C17H15F4NO4S. The van der Waals surface area contributed by atoms with Gasteiger partial charge in [-0.25, -0.2) is 12.8 Å². The average molecular weight is 405 g/mol. The lowest BCUT2D eigenvalue weighted by atomic mass is 10.1. The van der Waals surface area contributed by atoms with E-state index in [1.54, 1.807) is 0 Å². The number of rotatable bonds is 5. The minimum atomic E-state index is -4.54. The number of hydrogen-bond acceptors (Lipinski definition) is 4. The molecule has 5 nitrogen and oxygen atoms in total. The van der Waals surface area contributed by atoms with Crippen LogP contribution in [-0.4, -0.2) is 30.8 Å². The topological polar surface area (TPSA) is 83.5 Å². The highest BCUT2D eigenvalue weighted by atomic mass is 32.2. The van der Waals surface area contributed by atoms with E-state index in [0.717, 1.165) is 55.5 Å². The van der Waals surface area contributed by atoms with E-state index in [-0.39, 0.29) is 10.6 Å². The lowest BCUT2D eigenvalue weighted by Crippen LogP contribution is -2.45. The molecule has 0 saturated carbocycles. The molecule has 1 atom stereocenters. The maximum absolute atomic E-state index is 12.9. The van der Waals surface area contributed by atoms with E-state index in [4.69, 9.17) is 0 Å². The Morgan fingerprint density at radius 3 is 2.04 bits per heavy atom. The van der Waals surface area contributed by atoms with E-state index < -0.39 is 44.7 Å². The highest BCUT2D eigenvalue weighted by Gasteiger charge is 2.37. The van der Waals surface area contributed by atoms with E-state index in [2.05, 4.69) is 5.32 Å². The van der Waals surface area contributed by atoms with Crippen molar-refractivity contribution < 1.29 is 35.9 Å². The van der Waals surface area contributed by atoms with Gasteiger partial charge < -0.3 is 10.4 Å². The third-order valence-electron chi connectivity index (χ3n) is 3.60. The van der Waals surface area contributed by atoms with Crippen LogP contribution in [0.5, 0.6) is 0 Å². The Bertz CT molecular complexity index is 921. The zero-order chi connectivity index (χ0) is 20.5. The van der Waals surface area contributed by atoms with Crippen LogP contribution in [0.4, 0.5) is 23.2 Å². The molecule has 146 valence electrons. The van der Waals surface area contributed by atoms with Crippen LogP contribution in [0, 0.1) is 5.82 Å². The molecule has 0 unspecified atom stereocenters. The Balaban J connectivity index is 2.13. The van der Waals surface area contributed by atoms with Gasteiger partial charge in [-0.3, -0.25) is 4.79 Å². The summed E-state index contributed by atoms with van der Waals surface area (Å²) in [5, 5.41) is 12.4. The molecule has 0 heterocycles. The largest absolute Gasteiger partial charge is 0.416 e. The second-order valence-electron chi connectivity index (χ2n) is 6.02. The van der Waals surface area contributed by atoms with Crippen LogP contribution >= 0.6 is 0 Å². The number of halogens is 4. The van der Waals surface area contributed by atoms with E-state index in [1.165, 1.54) is 0 Å². The number of carbonyl (C=O) groups is 1. The molecule has 27 heavy (non-hydrogen) atoms. The minimum Gasteiger partial charge on any atom is -0.379 e. The van der Waals surface area contributed by atoms with Gasteiger partial charge in [0.25, 0.3) is 5.91 Å². The van der Waals surface area contributed by atoms with E-state index >= 15 is 0 Å². The Hall–Kier alpha value is -2.46. The molecule has 0 fully saturated rings. The average Bonchev–Trinajstić information content (AvgIpc) is 2.54. The molecule has 0 aliphatic carbocycles. The van der Waals surface area contributed by atoms with Gasteiger partial charge in [0.2, 0.25) is 0 Å². The molecule has 0 spiro atoms. The summed E-state index contributed by atoms with van der Waals surface area (Å²) < 4.78 is 75.1. The van der Waals surface area contributed by atoms with E-state index in [0.29, 0.717) is 0 Å². The number of alkyl halides is 3. The molecule has 0 bridgehead atoms. The van der Waals surface area contributed by atoms with Crippen molar-refractivity contribution in [3.8, 4) is 0 Å². The van der Waals surface area contributed by atoms with E-state index in [9.17, 15) is 35.9 Å². The fourth-order valence-corrected chi connectivity index (χ4v) is 3.76. The molecular weight excluding hydrogens is 390 g/mol. The number of benzene rings is 2. The molecule has 2 rings (SSSR count). The summed E-state index contributed by atoms with van der Waals surface area (Å²) in [7, 11) is -4.12. The van der Waals surface area contributed by atoms with Crippen LogP contribution in [0.1, 0.15) is 12.5 Å². The Morgan fingerprint density at radius 1 is 1.04 bits per heavy atom. The summed E-state index contributed by atoms with van der Waals surface area (Å²) in [5.41, 5.74) is -3.35. The van der Waals surface area contributed by atoms with E-state index in [1.807, 2.05) is 0 Å². The standard InChI is InChI=1S/C17H15F4NO4S/c1-16(24,10-27(25,26)14-8-4-12(18)5-9-14)15(23)22-13-6-2-11(3-7-13)17(19,20)21/h2-9,24H,10H2,1H3,(H,22,23)/t16-/m1/s1. The molecule has 10 heteroatoms. The molecule has 0 aromatic heterocycles. The Kier molecular flexibility index (Phi) is 5.62. The Labute approximate surface area is 152 Å². The maximum atomic E-state index is 12.9. The highest BCUT2D eigenvalue weighted by Crippen LogP contribution is 2.30.